The van der Waals surface area contributed by atoms with E-state index in [2.05, 4.69) is 15.3 Å². The molecule has 0 aliphatic heterocycles. The molecule has 1 amide bonds. The number of carboxylic acids is 1. The Kier molecular flexibility index (Phi) is 4.17. The van der Waals surface area contributed by atoms with Crippen LogP contribution >= 0.6 is 11.6 Å². The molecule has 1 aromatic carbocycles. The Morgan fingerprint density at radius 2 is 2.20 bits per heavy atom. The second-order valence-corrected chi connectivity index (χ2v) is 4.21. The number of aliphatic carboxylic acids is 1. The van der Waals surface area contributed by atoms with Gasteiger partial charge in [-0.3, -0.25) is 4.79 Å². The molecule has 3 N–H and O–H groups in total. The molecule has 0 saturated carbocycles. The number of amides is 1. The van der Waals surface area contributed by atoms with Gasteiger partial charge in [0.15, 0.2) is 5.82 Å². The Balaban J connectivity index is 2.20. The van der Waals surface area contributed by atoms with Crippen LogP contribution in [0.15, 0.2) is 36.7 Å². The third-order valence-corrected chi connectivity index (χ3v) is 2.70. The number of imidazole rings is 1. The number of carbonyl (C=O) groups excluding carboxylic acids is 1. The maximum atomic E-state index is 11.8. The fourth-order valence-electron chi connectivity index (χ4n) is 1.48. The van der Waals surface area contributed by atoms with E-state index < -0.39 is 11.9 Å². The molecule has 0 radical (unpaired) electrons. The van der Waals surface area contributed by atoms with Gasteiger partial charge >= 0.3 is 5.97 Å². The second kappa shape index (κ2) is 6.03. The predicted molar refractivity (Wildman–Crippen MR) is 74.7 cm³/mol. The van der Waals surface area contributed by atoms with Gasteiger partial charge in [-0.1, -0.05) is 17.7 Å². The third-order valence-electron chi connectivity index (χ3n) is 2.37. The van der Waals surface area contributed by atoms with E-state index in [4.69, 9.17) is 16.7 Å². The van der Waals surface area contributed by atoms with E-state index in [1.807, 2.05) is 0 Å². The SMILES string of the molecule is O=C(O)C=Cc1ccc(Cl)c(NC(=O)c2ncc[nH]2)c1. The van der Waals surface area contributed by atoms with Gasteiger partial charge in [-0.25, -0.2) is 9.78 Å². The lowest BCUT2D eigenvalue weighted by Crippen LogP contribution is -2.13. The normalized spacial score (nSPS) is 10.7. The van der Waals surface area contributed by atoms with Crippen molar-refractivity contribution in [3.63, 3.8) is 0 Å². The number of rotatable bonds is 4. The Morgan fingerprint density at radius 3 is 2.85 bits per heavy atom. The number of benzene rings is 1. The Labute approximate surface area is 119 Å². The number of aromatic amines is 1. The van der Waals surface area contributed by atoms with Crippen molar-refractivity contribution in [2.24, 2.45) is 0 Å². The molecule has 0 spiro atoms. The minimum atomic E-state index is -1.05. The van der Waals surface area contributed by atoms with E-state index in [1.54, 1.807) is 18.2 Å². The summed E-state index contributed by atoms with van der Waals surface area (Å²) in [7, 11) is 0. The van der Waals surface area contributed by atoms with Crippen molar-refractivity contribution >= 4 is 35.2 Å². The van der Waals surface area contributed by atoms with Gasteiger partial charge < -0.3 is 15.4 Å². The molecule has 20 heavy (non-hydrogen) atoms. The van der Waals surface area contributed by atoms with Gasteiger partial charge in [0.1, 0.15) is 0 Å². The van der Waals surface area contributed by atoms with Gasteiger partial charge in [0.05, 0.1) is 10.7 Å². The largest absolute Gasteiger partial charge is 0.478 e. The molecule has 1 aromatic heterocycles. The van der Waals surface area contributed by atoms with Crippen molar-refractivity contribution in [1.82, 2.24) is 9.97 Å². The van der Waals surface area contributed by atoms with Crippen LogP contribution in [0.25, 0.3) is 6.08 Å². The molecular formula is C13H10ClN3O3. The Bertz CT molecular complexity index is 666. The second-order valence-electron chi connectivity index (χ2n) is 3.80. The lowest BCUT2D eigenvalue weighted by Gasteiger charge is -2.06. The minimum absolute atomic E-state index is 0.160. The van der Waals surface area contributed by atoms with Crippen molar-refractivity contribution in [2.45, 2.75) is 0 Å². The van der Waals surface area contributed by atoms with Crippen LogP contribution < -0.4 is 5.32 Å². The molecule has 6 nitrogen and oxygen atoms in total. The number of halogens is 1. The van der Waals surface area contributed by atoms with Crippen molar-refractivity contribution < 1.29 is 14.7 Å². The monoisotopic (exact) mass is 291 g/mol. The fraction of sp³-hybridized carbons (Fsp3) is 0. The molecule has 2 aromatic rings. The van der Waals surface area contributed by atoms with Crippen LogP contribution in [-0.4, -0.2) is 27.0 Å². The average Bonchev–Trinajstić information content (AvgIpc) is 2.93. The first kappa shape index (κ1) is 13.8. The molecule has 0 unspecified atom stereocenters. The maximum Gasteiger partial charge on any atom is 0.328 e. The highest BCUT2D eigenvalue weighted by molar-refractivity contribution is 6.34. The van der Waals surface area contributed by atoms with E-state index >= 15 is 0 Å². The molecule has 0 aliphatic carbocycles. The zero-order valence-electron chi connectivity index (χ0n) is 10.1. The molecule has 1 heterocycles. The molecule has 0 fully saturated rings. The predicted octanol–water partition coefficient (Wildman–Crippen LogP) is 2.41. The molecule has 0 bridgehead atoms. The number of anilines is 1. The highest BCUT2D eigenvalue weighted by atomic mass is 35.5. The lowest BCUT2D eigenvalue weighted by molar-refractivity contribution is -0.131. The zero-order chi connectivity index (χ0) is 14.5. The van der Waals surface area contributed by atoms with Gasteiger partial charge in [0.2, 0.25) is 0 Å². The van der Waals surface area contributed by atoms with E-state index in [9.17, 15) is 9.59 Å². The topological polar surface area (TPSA) is 95.1 Å². The first-order valence-corrected chi connectivity index (χ1v) is 5.95. The van der Waals surface area contributed by atoms with E-state index in [-0.39, 0.29) is 5.82 Å². The standard InChI is InChI=1S/C13H10ClN3O3/c14-9-3-1-8(2-4-11(18)19)7-10(9)17-13(20)12-15-5-6-16-12/h1-7H,(H,15,16)(H,17,20)(H,18,19). The molecule has 0 atom stereocenters. The van der Waals surface area contributed by atoms with Crippen molar-refractivity contribution in [2.75, 3.05) is 5.32 Å². The molecule has 2 rings (SSSR count). The molecule has 0 saturated heterocycles. The van der Waals surface area contributed by atoms with Crippen molar-refractivity contribution in [1.29, 1.82) is 0 Å². The lowest BCUT2D eigenvalue weighted by atomic mass is 10.2. The quantitative estimate of drug-likeness (QED) is 0.754. The molecule has 102 valence electrons. The first-order valence-electron chi connectivity index (χ1n) is 5.57. The number of aromatic nitrogens is 2. The number of carbonyl (C=O) groups is 2. The smallest absolute Gasteiger partial charge is 0.328 e. The number of H-pyrrole nitrogens is 1. The summed E-state index contributed by atoms with van der Waals surface area (Å²) in [6.45, 7) is 0. The summed E-state index contributed by atoms with van der Waals surface area (Å²) in [6, 6.07) is 4.79. The number of carboxylic acid groups (broad SMARTS) is 1. The van der Waals surface area contributed by atoms with Crippen LogP contribution in [0.2, 0.25) is 5.02 Å². The van der Waals surface area contributed by atoms with Gasteiger partial charge in [-0.2, -0.15) is 0 Å². The minimum Gasteiger partial charge on any atom is -0.478 e. The summed E-state index contributed by atoms with van der Waals surface area (Å²) in [5.41, 5.74) is 0.979. The summed E-state index contributed by atoms with van der Waals surface area (Å²) >= 11 is 5.98. The summed E-state index contributed by atoms with van der Waals surface area (Å²) in [6.07, 6.45) is 5.40. The molecule has 0 aliphatic rings. The summed E-state index contributed by atoms with van der Waals surface area (Å²) in [5.74, 6) is -1.33. The van der Waals surface area contributed by atoms with Crippen LogP contribution in [0.5, 0.6) is 0 Å². The van der Waals surface area contributed by atoms with Gasteiger partial charge in [0.25, 0.3) is 5.91 Å². The summed E-state index contributed by atoms with van der Waals surface area (Å²) in [4.78, 5) is 28.8. The van der Waals surface area contributed by atoms with Crippen LogP contribution in [0.3, 0.4) is 0 Å². The highest BCUT2D eigenvalue weighted by Crippen LogP contribution is 2.24. The summed E-state index contributed by atoms with van der Waals surface area (Å²) in [5, 5.41) is 11.5. The van der Waals surface area contributed by atoms with E-state index in [0.29, 0.717) is 16.3 Å². The summed E-state index contributed by atoms with van der Waals surface area (Å²) < 4.78 is 0. The number of nitrogens with one attached hydrogen (secondary N) is 2. The highest BCUT2D eigenvalue weighted by Gasteiger charge is 2.10. The molecule has 7 heteroatoms. The zero-order valence-corrected chi connectivity index (χ0v) is 10.9. The van der Waals surface area contributed by atoms with Gasteiger partial charge in [0, 0.05) is 18.5 Å². The number of hydrogen-bond donors (Lipinski definition) is 3. The molecular weight excluding hydrogens is 282 g/mol. The first-order chi connectivity index (χ1) is 9.56. The number of nitrogens with zero attached hydrogens (tertiary/aromatic N) is 1. The van der Waals surface area contributed by atoms with Gasteiger partial charge in [-0.05, 0) is 23.8 Å². The van der Waals surface area contributed by atoms with Crippen molar-refractivity contribution in [3.8, 4) is 0 Å². The third kappa shape index (κ3) is 3.46. The van der Waals surface area contributed by atoms with Crippen molar-refractivity contribution in [3.05, 3.63) is 53.1 Å². The van der Waals surface area contributed by atoms with E-state index in [0.717, 1.165) is 6.08 Å². The van der Waals surface area contributed by atoms with E-state index in [1.165, 1.54) is 18.5 Å². The maximum absolute atomic E-state index is 11.8. The Hall–Kier alpha value is -2.60. The van der Waals surface area contributed by atoms with Crippen LogP contribution in [0.1, 0.15) is 16.2 Å². The van der Waals surface area contributed by atoms with Crippen LogP contribution in [-0.2, 0) is 4.79 Å². The van der Waals surface area contributed by atoms with Crippen LogP contribution in [0, 0.1) is 0 Å². The number of hydrogen-bond acceptors (Lipinski definition) is 3. The van der Waals surface area contributed by atoms with Crippen LogP contribution in [0.4, 0.5) is 5.69 Å². The Morgan fingerprint density at radius 1 is 1.40 bits per heavy atom. The average molecular weight is 292 g/mol. The van der Waals surface area contributed by atoms with Gasteiger partial charge in [-0.15, -0.1) is 0 Å². The fourth-order valence-corrected chi connectivity index (χ4v) is 1.65.